The van der Waals surface area contributed by atoms with Crippen molar-refractivity contribution < 1.29 is 23.4 Å². The molecule has 0 aliphatic carbocycles. The minimum Gasteiger partial charge on any atom is -0.619 e. The topological polar surface area (TPSA) is 99.6 Å². The van der Waals surface area contributed by atoms with E-state index in [0.717, 1.165) is 21.4 Å². The number of carbonyl (C=O) groups excluding carboxylic acids is 2. The maximum atomic E-state index is 13.5. The molecule has 2 aromatic carbocycles. The minimum atomic E-state index is -0.943. The van der Waals surface area contributed by atoms with Crippen LogP contribution in [0.2, 0.25) is 0 Å². The number of benzene rings is 2. The summed E-state index contributed by atoms with van der Waals surface area (Å²) < 4.78 is 20.3. The summed E-state index contributed by atoms with van der Waals surface area (Å²) in [5.41, 5.74) is 7.69. The molecule has 7 nitrogen and oxygen atoms in total. The number of halogens is 1. The second-order valence-corrected chi connectivity index (χ2v) is 8.88. The Hall–Kier alpha value is -3.94. The van der Waals surface area contributed by atoms with Crippen LogP contribution in [0.15, 0.2) is 73.1 Å². The number of primary amides is 1. The van der Waals surface area contributed by atoms with E-state index < -0.39 is 17.6 Å². The maximum Gasteiger partial charge on any atom is 0.411 e. The molecule has 0 radical (unpaired) electrons. The van der Waals surface area contributed by atoms with Crippen LogP contribution in [0, 0.1) is 11.0 Å². The molecule has 0 spiro atoms. The normalized spacial score (nSPS) is 18.7. The number of carbonyl (C=O) groups is 2. The molecule has 3 aromatic rings. The lowest BCUT2D eigenvalue weighted by Crippen LogP contribution is -2.48. The summed E-state index contributed by atoms with van der Waals surface area (Å²) >= 11 is 0. The maximum absolute atomic E-state index is 13.5. The van der Waals surface area contributed by atoms with Crippen LogP contribution < -0.4 is 10.5 Å². The molecule has 4 rings (SSSR count). The van der Waals surface area contributed by atoms with Gasteiger partial charge in [0.2, 0.25) is 5.91 Å². The van der Waals surface area contributed by atoms with E-state index in [9.17, 15) is 19.2 Å². The van der Waals surface area contributed by atoms with Gasteiger partial charge in [-0.2, -0.15) is 4.73 Å². The highest BCUT2D eigenvalue weighted by molar-refractivity contribution is 5.73. The summed E-state index contributed by atoms with van der Waals surface area (Å²) in [5, 5.41) is 11.6. The van der Waals surface area contributed by atoms with E-state index in [0.29, 0.717) is 31.4 Å². The number of hydrogen-bond acceptors (Lipinski definition) is 4. The van der Waals surface area contributed by atoms with Crippen molar-refractivity contribution in [2.45, 2.75) is 44.2 Å². The Morgan fingerprint density at radius 2 is 1.89 bits per heavy atom. The third-order valence-corrected chi connectivity index (χ3v) is 6.62. The Balaban J connectivity index is 1.51. The lowest BCUT2D eigenvalue weighted by atomic mass is 9.84. The molecule has 1 aromatic heterocycles. The predicted molar refractivity (Wildman–Crippen MR) is 128 cm³/mol. The lowest BCUT2D eigenvalue weighted by Gasteiger charge is -2.43. The first-order valence-electron chi connectivity index (χ1n) is 11.6. The smallest absolute Gasteiger partial charge is 0.411 e. The van der Waals surface area contributed by atoms with Crippen LogP contribution in [0.4, 0.5) is 9.18 Å². The van der Waals surface area contributed by atoms with Crippen molar-refractivity contribution in [1.82, 2.24) is 4.90 Å². The van der Waals surface area contributed by atoms with Gasteiger partial charge in [0.1, 0.15) is 11.4 Å². The van der Waals surface area contributed by atoms with E-state index in [1.54, 1.807) is 23.1 Å². The Morgan fingerprint density at radius 1 is 1.17 bits per heavy atom. The second kappa shape index (κ2) is 10.1. The molecular weight excluding hydrogens is 449 g/mol. The standard InChI is InChI=1S/C27H28FN3O4/c1-19(20-6-8-21(9-7-20)22-4-3-16-30(34)18-22)31-17-15-27(35-26(31)33,14-2-5-25(29)32)23-10-12-24(28)13-11-23/h3-4,6-13,16,18-19H,2,5,14-15,17H2,1H3,(H2,29,32)/t19-,27+/m0/s1. The predicted octanol–water partition coefficient (Wildman–Crippen LogP) is 4.58. The van der Waals surface area contributed by atoms with Crippen molar-refractivity contribution in [3.63, 3.8) is 0 Å². The summed E-state index contributed by atoms with van der Waals surface area (Å²) in [7, 11) is 0. The Labute approximate surface area is 203 Å². The number of nitrogens with zero attached hydrogens (tertiary/aromatic N) is 2. The highest BCUT2D eigenvalue weighted by atomic mass is 19.1. The van der Waals surface area contributed by atoms with Crippen molar-refractivity contribution in [3.8, 4) is 11.1 Å². The van der Waals surface area contributed by atoms with E-state index in [-0.39, 0.29) is 18.3 Å². The Morgan fingerprint density at radius 3 is 2.51 bits per heavy atom. The van der Waals surface area contributed by atoms with E-state index >= 15 is 0 Å². The summed E-state index contributed by atoms with van der Waals surface area (Å²) in [5.74, 6) is -0.789. The first kappa shape index (κ1) is 24.2. The number of cyclic esters (lactones) is 1. The molecule has 35 heavy (non-hydrogen) atoms. The van der Waals surface area contributed by atoms with Gasteiger partial charge in [-0.25, -0.2) is 9.18 Å². The van der Waals surface area contributed by atoms with Gasteiger partial charge in [-0.1, -0.05) is 36.4 Å². The van der Waals surface area contributed by atoms with Gasteiger partial charge in [-0.05, 0) is 54.7 Å². The van der Waals surface area contributed by atoms with E-state index in [4.69, 9.17) is 10.5 Å². The van der Waals surface area contributed by atoms with Crippen LogP contribution in [0.3, 0.4) is 0 Å². The zero-order chi connectivity index (χ0) is 25.0. The second-order valence-electron chi connectivity index (χ2n) is 8.88. The Bertz CT molecular complexity index is 1200. The summed E-state index contributed by atoms with van der Waals surface area (Å²) in [6.07, 6.45) is 4.03. The number of amides is 2. The first-order chi connectivity index (χ1) is 16.8. The molecular formula is C27H28FN3O4. The fourth-order valence-corrected chi connectivity index (χ4v) is 4.61. The monoisotopic (exact) mass is 477 g/mol. The molecule has 2 heterocycles. The fraction of sp³-hybridized carbons (Fsp3) is 0.296. The fourth-order valence-electron chi connectivity index (χ4n) is 4.61. The largest absolute Gasteiger partial charge is 0.619 e. The number of nitrogens with two attached hydrogens (primary N) is 1. The summed E-state index contributed by atoms with van der Waals surface area (Å²) in [4.78, 5) is 26.1. The van der Waals surface area contributed by atoms with Crippen LogP contribution >= 0.6 is 0 Å². The molecule has 1 saturated heterocycles. The van der Waals surface area contributed by atoms with Gasteiger partial charge in [-0.15, -0.1) is 0 Å². The third-order valence-electron chi connectivity index (χ3n) is 6.62. The number of pyridine rings is 1. The van der Waals surface area contributed by atoms with Crippen LogP contribution in [0.25, 0.3) is 11.1 Å². The molecule has 2 N–H and O–H groups in total. The highest BCUT2D eigenvalue weighted by Gasteiger charge is 2.43. The van der Waals surface area contributed by atoms with Gasteiger partial charge in [0.25, 0.3) is 0 Å². The van der Waals surface area contributed by atoms with Gasteiger partial charge in [0.15, 0.2) is 12.4 Å². The molecule has 1 aliphatic rings. The molecule has 0 saturated carbocycles. The SMILES string of the molecule is C[C@@H](c1ccc(-c2ccc[n+]([O-])c2)cc1)N1CC[C@](CCCC(N)=O)(c2ccc(F)cc2)OC1=O. The van der Waals surface area contributed by atoms with Gasteiger partial charge < -0.3 is 20.6 Å². The zero-order valence-corrected chi connectivity index (χ0v) is 19.5. The van der Waals surface area contributed by atoms with Crippen molar-refractivity contribution in [3.05, 3.63) is 95.2 Å². The Kier molecular flexibility index (Phi) is 7.00. The van der Waals surface area contributed by atoms with Crippen molar-refractivity contribution >= 4 is 12.0 Å². The van der Waals surface area contributed by atoms with E-state index in [2.05, 4.69) is 0 Å². The van der Waals surface area contributed by atoms with Crippen LogP contribution in [0.5, 0.6) is 0 Å². The van der Waals surface area contributed by atoms with Gasteiger partial charge in [0.05, 0.1) is 6.04 Å². The molecule has 182 valence electrons. The third kappa shape index (κ3) is 5.42. The molecule has 2 atom stereocenters. The average Bonchev–Trinajstić information content (AvgIpc) is 2.84. The van der Waals surface area contributed by atoms with Crippen LogP contribution in [0.1, 0.15) is 49.8 Å². The number of rotatable bonds is 8. The van der Waals surface area contributed by atoms with Gasteiger partial charge in [-0.3, -0.25) is 4.79 Å². The van der Waals surface area contributed by atoms with E-state index in [1.807, 2.05) is 37.3 Å². The average molecular weight is 478 g/mol. The first-order valence-corrected chi connectivity index (χ1v) is 11.6. The highest BCUT2D eigenvalue weighted by Crippen LogP contribution is 2.41. The summed E-state index contributed by atoms with van der Waals surface area (Å²) in [6.45, 7) is 2.37. The van der Waals surface area contributed by atoms with Crippen molar-refractivity contribution in [2.75, 3.05) is 6.54 Å². The number of aromatic nitrogens is 1. The lowest BCUT2D eigenvalue weighted by molar-refractivity contribution is -0.604. The number of hydrogen-bond donors (Lipinski definition) is 1. The van der Waals surface area contributed by atoms with Crippen molar-refractivity contribution in [1.29, 1.82) is 0 Å². The molecule has 2 amide bonds. The minimum absolute atomic E-state index is 0.181. The van der Waals surface area contributed by atoms with Crippen LogP contribution in [-0.4, -0.2) is 23.4 Å². The molecule has 8 heteroatoms. The molecule has 0 unspecified atom stereocenters. The number of ether oxygens (including phenoxy) is 1. The molecule has 1 aliphatic heterocycles. The molecule has 1 fully saturated rings. The quantitative estimate of drug-likeness (QED) is 0.379. The zero-order valence-electron chi connectivity index (χ0n) is 19.5. The molecule has 0 bridgehead atoms. The van der Waals surface area contributed by atoms with Gasteiger partial charge >= 0.3 is 6.09 Å². The van der Waals surface area contributed by atoms with E-state index in [1.165, 1.54) is 24.5 Å². The van der Waals surface area contributed by atoms with Crippen LogP contribution in [-0.2, 0) is 15.1 Å². The van der Waals surface area contributed by atoms with Gasteiger partial charge in [0, 0.05) is 31.0 Å². The van der Waals surface area contributed by atoms with Crippen molar-refractivity contribution in [2.24, 2.45) is 5.73 Å². The summed E-state index contributed by atoms with van der Waals surface area (Å²) in [6, 6.07) is 17.0.